The van der Waals surface area contributed by atoms with Crippen LogP contribution in [0.4, 0.5) is 26.3 Å². The molecule has 3 nitrogen and oxygen atoms in total. The van der Waals surface area contributed by atoms with Gasteiger partial charge >= 0.3 is 12.4 Å². The van der Waals surface area contributed by atoms with E-state index < -0.39 is 35.5 Å². The summed E-state index contributed by atoms with van der Waals surface area (Å²) in [6, 6.07) is 0. The molecule has 3 rings (SSSR count). The normalized spacial score (nSPS) is 31.0. The van der Waals surface area contributed by atoms with E-state index in [0.717, 1.165) is 51.4 Å². The predicted molar refractivity (Wildman–Crippen MR) is 148 cm³/mol. The molecule has 41 heavy (non-hydrogen) atoms. The van der Waals surface area contributed by atoms with Crippen molar-refractivity contribution in [2.75, 3.05) is 0 Å². The molecule has 0 spiro atoms. The Morgan fingerprint density at radius 3 is 2.22 bits per heavy atom. The smallest absolute Gasteiger partial charge is 0.393 e. The number of fused-ring (bicyclic) bond motifs is 1. The number of aliphatic hydroxyl groups is 3. The average Bonchev–Trinajstić information content (AvgIpc) is 3.19. The van der Waals surface area contributed by atoms with Crippen molar-refractivity contribution in [3.63, 3.8) is 0 Å². The van der Waals surface area contributed by atoms with Crippen LogP contribution in [-0.2, 0) is 0 Å². The molecule has 0 amide bonds. The third-order valence-electron chi connectivity index (χ3n) is 10.2. The standard InChI is InChI=1S/C32H48F6O3/c1-21(30(41,31(33,34)35)32(36,37)38)12-14-23(9-6-18-28(2,3)40)26-16-17-27-24(10-7-19-29(26,27)4)15-13-22-8-5-11-25(39)20-22/h13,15,23,25-27,39-41H,1,5-12,14,16-20H2,2-4H3/b22-13-,24-15+/t23?,25-,26?,27?,29+/m0/s1. The number of halogens is 6. The number of hydrogen-bond donors (Lipinski definition) is 3. The Morgan fingerprint density at radius 2 is 1.63 bits per heavy atom. The first-order valence-electron chi connectivity index (χ1n) is 15.1. The fourth-order valence-electron chi connectivity index (χ4n) is 7.95. The molecule has 3 fully saturated rings. The van der Waals surface area contributed by atoms with Gasteiger partial charge in [0.2, 0.25) is 0 Å². The van der Waals surface area contributed by atoms with Crippen LogP contribution in [-0.4, -0.2) is 45.0 Å². The first-order chi connectivity index (χ1) is 18.8. The van der Waals surface area contributed by atoms with E-state index in [1.165, 1.54) is 11.1 Å². The van der Waals surface area contributed by atoms with Crippen LogP contribution in [0.1, 0.15) is 111 Å². The molecule has 0 aromatic carbocycles. The average molecular weight is 595 g/mol. The Bertz CT molecular complexity index is 959. The van der Waals surface area contributed by atoms with Gasteiger partial charge in [-0.25, -0.2) is 0 Å². The second kappa shape index (κ2) is 12.7. The molecule has 0 aliphatic heterocycles. The summed E-state index contributed by atoms with van der Waals surface area (Å²) in [5, 5.41) is 30.1. The Kier molecular flexibility index (Phi) is 10.6. The summed E-state index contributed by atoms with van der Waals surface area (Å²) in [5.41, 5.74) is -4.69. The lowest BCUT2D eigenvalue weighted by atomic mass is 9.59. The Labute approximate surface area is 240 Å². The number of rotatable bonds is 10. The van der Waals surface area contributed by atoms with Crippen molar-refractivity contribution in [1.29, 1.82) is 0 Å². The van der Waals surface area contributed by atoms with E-state index in [0.29, 0.717) is 25.7 Å². The Morgan fingerprint density at radius 1 is 0.976 bits per heavy atom. The maximum absolute atomic E-state index is 13.5. The topological polar surface area (TPSA) is 60.7 Å². The lowest BCUT2D eigenvalue weighted by Crippen LogP contribution is -2.58. The van der Waals surface area contributed by atoms with E-state index in [4.69, 9.17) is 0 Å². The molecule has 0 radical (unpaired) electrons. The molecule has 0 bridgehead atoms. The Balaban J connectivity index is 1.83. The van der Waals surface area contributed by atoms with Gasteiger partial charge in [0.1, 0.15) is 0 Å². The van der Waals surface area contributed by atoms with Crippen LogP contribution in [0.5, 0.6) is 0 Å². The summed E-state index contributed by atoms with van der Waals surface area (Å²) in [6.45, 7) is 8.69. The van der Waals surface area contributed by atoms with Gasteiger partial charge < -0.3 is 15.3 Å². The summed E-state index contributed by atoms with van der Waals surface area (Å²) < 4.78 is 80.9. The fourth-order valence-corrected chi connectivity index (χ4v) is 7.95. The van der Waals surface area contributed by atoms with Gasteiger partial charge in [0.25, 0.3) is 5.60 Å². The first kappa shape index (κ1) is 34.2. The first-order valence-corrected chi connectivity index (χ1v) is 15.1. The highest BCUT2D eigenvalue weighted by molar-refractivity contribution is 5.26. The van der Waals surface area contributed by atoms with Crippen LogP contribution in [0.3, 0.4) is 0 Å². The summed E-state index contributed by atoms with van der Waals surface area (Å²) in [7, 11) is 0. The van der Waals surface area contributed by atoms with Crippen molar-refractivity contribution in [2.24, 2.45) is 23.2 Å². The van der Waals surface area contributed by atoms with Gasteiger partial charge in [0, 0.05) is 0 Å². The predicted octanol–water partition coefficient (Wildman–Crippen LogP) is 8.74. The molecule has 0 heterocycles. The van der Waals surface area contributed by atoms with Crippen LogP contribution < -0.4 is 0 Å². The van der Waals surface area contributed by atoms with E-state index in [1.54, 1.807) is 13.8 Å². The summed E-state index contributed by atoms with van der Waals surface area (Å²) in [5.74, 6) is 0.217. The summed E-state index contributed by atoms with van der Waals surface area (Å²) in [4.78, 5) is 0. The van der Waals surface area contributed by atoms with Crippen LogP contribution >= 0.6 is 0 Å². The molecule has 9 heteroatoms. The zero-order chi connectivity index (χ0) is 30.9. The van der Waals surface area contributed by atoms with Crippen molar-refractivity contribution >= 4 is 0 Å². The molecule has 3 unspecified atom stereocenters. The van der Waals surface area contributed by atoms with Crippen LogP contribution in [0.25, 0.3) is 0 Å². The molecule has 3 aliphatic rings. The van der Waals surface area contributed by atoms with Gasteiger partial charge in [0.05, 0.1) is 11.7 Å². The van der Waals surface area contributed by atoms with E-state index in [-0.39, 0.29) is 35.7 Å². The van der Waals surface area contributed by atoms with Gasteiger partial charge in [-0.05, 0) is 120 Å². The highest BCUT2D eigenvalue weighted by Crippen LogP contribution is 2.61. The third-order valence-corrected chi connectivity index (χ3v) is 10.2. The van der Waals surface area contributed by atoms with Crippen molar-refractivity contribution in [1.82, 2.24) is 0 Å². The van der Waals surface area contributed by atoms with Crippen LogP contribution in [0.15, 0.2) is 35.5 Å². The second-order valence-electron chi connectivity index (χ2n) is 13.7. The molecule has 0 aromatic heterocycles. The molecular weight excluding hydrogens is 546 g/mol. The second-order valence-corrected chi connectivity index (χ2v) is 13.7. The Hall–Kier alpha value is -1.32. The van der Waals surface area contributed by atoms with E-state index in [9.17, 15) is 41.7 Å². The zero-order valence-electron chi connectivity index (χ0n) is 24.7. The number of hydrogen-bond acceptors (Lipinski definition) is 3. The molecule has 5 atom stereocenters. The summed E-state index contributed by atoms with van der Waals surface area (Å²) in [6.07, 6.45) is 1.38. The molecule has 236 valence electrons. The SMILES string of the molecule is C=C(CCC(CCCC(C)(C)O)C1CCC2/C(=C/C=C3/CCC[C@H](O)C3)CCC[C@@]21C)C(O)(C(F)(F)F)C(F)(F)F. The molecule has 3 aliphatic carbocycles. The number of aliphatic hydroxyl groups excluding tert-OH is 1. The van der Waals surface area contributed by atoms with Gasteiger partial charge in [-0.2, -0.15) is 26.3 Å². The molecule has 0 aromatic rings. The minimum Gasteiger partial charge on any atom is -0.393 e. The lowest BCUT2D eigenvalue weighted by molar-refractivity contribution is -0.352. The maximum Gasteiger partial charge on any atom is 0.430 e. The van der Waals surface area contributed by atoms with Crippen LogP contribution in [0.2, 0.25) is 0 Å². The third kappa shape index (κ3) is 7.80. The van der Waals surface area contributed by atoms with E-state index in [1.807, 2.05) is 0 Å². The number of alkyl halides is 6. The van der Waals surface area contributed by atoms with E-state index >= 15 is 0 Å². The monoisotopic (exact) mass is 594 g/mol. The largest absolute Gasteiger partial charge is 0.430 e. The van der Waals surface area contributed by atoms with Gasteiger partial charge in [-0.3, -0.25) is 0 Å². The highest BCUT2D eigenvalue weighted by atomic mass is 19.4. The van der Waals surface area contributed by atoms with Crippen molar-refractivity contribution < 1.29 is 41.7 Å². The minimum atomic E-state index is -5.92. The zero-order valence-corrected chi connectivity index (χ0v) is 24.7. The molecule has 3 saturated carbocycles. The molecule has 3 N–H and O–H groups in total. The van der Waals surface area contributed by atoms with Crippen molar-refractivity contribution in [3.8, 4) is 0 Å². The minimum absolute atomic E-state index is 0.0626. The summed E-state index contributed by atoms with van der Waals surface area (Å²) >= 11 is 0. The van der Waals surface area contributed by atoms with Gasteiger partial charge in [-0.15, -0.1) is 0 Å². The quantitative estimate of drug-likeness (QED) is 0.175. The maximum atomic E-state index is 13.5. The van der Waals surface area contributed by atoms with Gasteiger partial charge in [-0.1, -0.05) is 49.6 Å². The van der Waals surface area contributed by atoms with Crippen LogP contribution in [0, 0.1) is 23.2 Å². The van der Waals surface area contributed by atoms with E-state index in [2.05, 4.69) is 25.7 Å². The number of allylic oxidation sites excluding steroid dienone is 3. The molecule has 0 saturated heterocycles. The van der Waals surface area contributed by atoms with Crippen molar-refractivity contribution in [2.45, 2.75) is 140 Å². The molecular formula is C32H48F6O3. The fraction of sp³-hybridized carbons (Fsp3) is 0.812. The van der Waals surface area contributed by atoms with Crippen molar-refractivity contribution in [3.05, 3.63) is 35.5 Å². The highest BCUT2D eigenvalue weighted by Gasteiger charge is 2.71. The lowest BCUT2D eigenvalue weighted by Gasteiger charge is -2.45. The van der Waals surface area contributed by atoms with Gasteiger partial charge in [0.15, 0.2) is 0 Å².